The molecule has 0 atom stereocenters. The van der Waals surface area contributed by atoms with Crippen LogP contribution in [0.4, 0.5) is 10.8 Å². The molecule has 94 valence electrons. The third-order valence-corrected chi connectivity index (χ3v) is 4.16. The second kappa shape index (κ2) is 5.08. The summed E-state index contributed by atoms with van der Waals surface area (Å²) in [4.78, 5) is 7.04. The quantitative estimate of drug-likeness (QED) is 0.898. The number of anilines is 2. The molecular formula is C14H17N3S. The Morgan fingerprint density at radius 3 is 3.11 bits per heavy atom. The first-order valence-corrected chi connectivity index (χ1v) is 7.27. The van der Waals surface area contributed by atoms with Crippen LogP contribution in [-0.2, 0) is 13.0 Å². The van der Waals surface area contributed by atoms with Gasteiger partial charge in [-0.1, -0.05) is 25.1 Å². The van der Waals surface area contributed by atoms with E-state index in [1.165, 1.54) is 16.9 Å². The van der Waals surface area contributed by atoms with Gasteiger partial charge in [0.2, 0.25) is 0 Å². The van der Waals surface area contributed by atoms with Crippen molar-refractivity contribution in [2.75, 3.05) is 18.0 Å². The van der Waals surface area contributed by atoms with E-state index in [4.69, 9.17) is 4.98 Å². The van der Waals surface area contributed by atoms with E-state index in [0.29, 0.717) is 0 Å². The van der Waals surface area contributed by atoms with Crippen LogP contribution in [0.5, 0.6) is 0 Å². The van der Waals surface area contributed by atoms with Gasteiger partial charge in [-0.15, -0.1) is 11.3 Å². The van der Waals surface area contributed by atoms with Crippen molar-refractivity contribution < 1.29 is 0 Å². The van der Waals surface area contributed by atoms with Gasteiger partial charge in [0, 0.05) is 30.7 Å². The molecule has 0 amide bonds. The molecule has 0 fully saturated rings. The molecule has 0 spiro atoms. The standard InChI is InChI=1S/C14H17N3S/c1-2-12-10-18-14(16-12)17-8-7-15-9-11-5-3-4-6-13(11)17/h3-6,10,15H,2,7-9H2,1H3. The molecular weight excluding hydrogens is 242 g/mol. The molecule has 0 bridgehead atoms. The Hall–Kier alpha value is -1.39. The molecule has 0 saturated heterocycles. The minimum atomic E-state index is 0.943. The maximum Gasteiger partial charge on any atom is 0.190 e. The Kier molecular flexibility index (Phi) is 3.30. The molecule has 1 aliphatic rings. The van der Waals surface area contributed by atoms with Gasteiger partial charge in [-0.25, -0.2) is 4.98 Å². The summed E-state index contributed by atoms with van der Waals surface area (Å²) in [6.45, 7) is 5.07. The zero-order valence-electron chi connectivity index (χ0n) is 10.5. The molecule has 3 rings (SSSR count). The molecule has 18 heavy (non-hydrogen) atoms. The topological polar surface area (TPSA) is 28.2 Å². The van der Waals surface area contributed by atoms with E-state index in [1.54, 1.807) is 11.3 Å². The molecule has 1 aromatic carbocycles. The predicted octanol–water partition coefficient (Wildman–Crippen LogP) is 2.95. The fraction of sp³-hybridized carbons (Fsp3) is 0.357. The summed E-state index contributed by atoms with van der Waals surface area (Å²) < 4.78 is 0. The number of aromatic nitrogens is 1. The number of nitrogens with one attached hydrogen (secondary N) is 1. The lowest BCUT2D eigenvalue weighted by atomic mass is 10.1. The first kappa shape index (κ1) is 11.7. The van der Waals surface area contributed by atoms with Crippen LogP contribution in [-0.4, -0.2) is 18.1 Å². The van der Waals surface area contributed by atoms with Crippen molar-refractivity contribution in [1.82, 2.24) is 10.3 Å². The molecule has 2 heterocycles. The summed E-state index contributed by atoms with van der Waals surface area (Å²) in [5, 5.41) is 6.74. The zero-order valence-corrected chi connectivity index (χ0v) is 11.3. The first-order valence-electron chi connectivity index (χ1n) is 6.39. The number of para-hydroxylation sites is 1. The van der Waals surface area contributed by atoms with Crippen LogP contribution >= 0.6 is 11.3 Å². The van der Waals surface area contributed by atoms with Crippen LogP contribution in [0, 0.1) is 0 Å². The van der Waals surface area contributed by atoms with Gasteiger partial charge >= 0.3 is 0 Å². The number of nitrogens with zero attached hydrogens (tertiary/aromatic N) is 2. The van der Waals surface area contributed by atoms with E-state index in [1.807, 2.05) is 0 Å². The number of hydrogen-bond donors (Lipinski definition) is 1. The number of benzene rings is 1. The third kappa shape index (κ3) is 2.13. The monoisotopic (exact) mass is 259 g/mol. The van der Waals surface area contributed by atoms with Crippen LogP contribution in [0.15, 0.2) is 29.6 Å². The SMILES string of the molecule is CCc1csc(N2CCNCc3ccccc32)n1. The van der Waals surface area contributed by atoms with Crippen molar-refractivity contribution in [3.63, 3.8) is 0 Å². The highest BCUT2D eigenvalue weighted by molar-refractivity contribution is 7.13. The smallest absolute Gasteiger partial charge is 0.190 e. The Morgan fingerprint density at radius 2 is 2.28 bits per heavy atom. The van der Waals surface area contributed by atoms with Crippen molar-refractivity contribution in [1.29, 1.82) is 0 Å². The molecule has 2 aromatic rings. The Morgan fingerprint density at radius 1 is 1.39 bits per heavy atom. The van der Waals surface area contributed by atoms with Crippen molar-refractivity contribution in [2.24, 2.45) is 0 Å². The van der Waals surface area contributed by atoms with E-state index in [9.17, 15) is 0 Å². The summed E-state index contributed by atoms with van der Waals surface area (Å²) in [5.41, 5.74) is 3.83. The number of rotatable bonds is 2. The van der Waals surface area contributed by atoms with Crippen molar-refractivity contribution >= 4 is 22.2 Å². The van der Waals surface area contributed by atoms with Crippen molar-refractivity contribution in [2.45, 2.75) is 19.9 Å². The molecule has 0 unspecified atom stereocenters. The van der Waals surface area contributed by atoms with Crippen molar-refractivity contribution in [3.05, 3.63) is 40.9 Å². The van der Waals surface area contributed by atoms with Gasteiger partial charge < -0.3 is 10.2 Å². The summed E-state index contributed by atoms with van der Waals surface area (Å²) in [5.74, 6) is 0. The molecule has 1 N–H and O–H groups in total. The van der Waals surface area contributed by atoms with E-state index < -0.39 is 0 Å². The highest BCUT2D eigenvalue weighted by atomic mass is 32.1. The molecule has 0 saturated carbocycles. The Bertz CT molecular complexity index is 535. The van der Waals surface area contributed by atoms with E-state index in [0.717, 1.165) is 31.2 Å². The highest BCUT2D eigenvalue weighted by Crippen LogP contribution is 2.31. The summed E-state index contributed by atoms with van der Waals surface area (Å²) >= 11 is 1.74. The minimum Gasteiger partial charge on any atom is -0.316 e. The second-order valence-corrected chi connectivity index (χ2v) is 5.27. The van der Waals surface area contributed by atoms with Gasteiger partial charge in [-0.3, -0.25) is 0 Å². The minimum absolute atomic E-state index is 0.943. The average Bonchev–Trinajstić information content (AvgIpc) is 2.78. The van der Waals surface area contributed by atoms with Crippen LogP contribution in [0.25, 0.3) is 0 Å². The van der Waals surface area contributed by atoms with Crippen LogP contribution < -0.4 is 10.2 Å². The number of hydrogen-bond acceptors (Lipinski definition) is 4. The van der Waals surface area contributed by atoms with E-state index in [-0.39, 0.29) is 0 Å². The van der Waals surface area contributed by atoms with Crippen LogP contribution in [0.1, 0.15) is 18.2 Å². The number of aryl methyl sites for hydroxylation is 1. The summed E-state index contributed by atoms with van der Waals surface area (Å²) in [6.07, 6.45) is 1.00. The summed E-state index contributed by atoms with van der Waals surface area (Å²) in [6, 6.07) is 8.58. The van der Waals surface area contributed by atoms with Gasteiger partial charge in [0.15, 0.2) is 5.13 Å². The van der Waals surface area contributed by atoms with Gasteiger partial charge in [-0.2, -0.15) is 0 Å². The fourth-order valence-corrected chi connectivity index (χ4v) is 3.19. The maximum absolute atomic E-state index is 4.71. The Balaban J connectivity index is 2.00. The van der Waals surface area contributed by atoms with Crippen molar-refractivity contribution in [3.8, 4) is 0 Å². The lowest BCUT2D eigenvalue weighted by Gasteiger charge is -2.21. The Labute approximate surface area is 111 Å². The largest absolute Gasteiger partial charge is 0.316 e. The zero-order chi connectivity index (χ0) is 12.4. The van der Waals surface area contributed by atoms with Crippen LogP contribution in [0.2, 0.25) is 0 Å². The first-order chi connectivity index (χ1) is 8.88. The third-order valence-electron chi connectivity index (χ3n) is 3.24. The lowest BCUT2D eigenvalue weighted by molar-refractivity contribution is 0.712. The van der Waals surface area contributed by atoms with Gasteiger partial charge in [0.25, 0.3) is 0 Å². The van der Waals surface area contributed by atoms with Crippen LogP contribution in [0.3, 0.4) is 0 Å². The molecule has 1 aromatic heterocycles. The average molecular weight is 259 g/mol. The lowest BCUT2D eigenvalue weighted by Crippen LogP contribution is -2.24. The van der Waals surface area contributed by atoms with Gasteiger partial charge in [-0.05, 0) is 18.1 Å². The second-order valence-electron chi connectivity index (χ2n) is 4.43. The maximum atomic E-state index is 4.71. The predicted molar refractivity (Wildman–Crippen MR) is 76.6 cm³/mol. The highest BCUT2D eigenvalue weighted by Gasteiger charge is 2.18. The molecule has 1 aliphatic heterocycles. The molecule has 3 nitrogen and oxygen atoms in total. The fourth-order valence-electron chi connectivity index (χ4n) is 2.24. The van der Waals surface area contributed by atoms with Gasteiger partial charge in [0.05, 0.1) is 5.69 Å². The van der Waals surface area contributed by atoms with E-state index >= 15 is 0 Å². The van der Waals surface area contributed by atoms with E-state index in [2.05, 4.69) is 46.8 Å². The molecule has 4 heteroatoms. The summed E-state index contributed by atoms with van der Waals surface area (Å²) in [7, 11) is 0. The normalized spacial score (nSPS) is 15.3. The molecule has 0 aliphatic carbocycles. The van der Waals surface area contributed by atoms with Gasteiger partial charge in [0.1, 0.15) is 0 Å². The molecule has 0 radical (unpaired) electrons. The number of fused-ring (bicyclic) bond motifs is 1. The number of thiazole rings is 1.